The maximum absolute atomic E-state index is 10.4. The van der Waals surface area contributed by atoms with E-state index >= 15 is 0 Å². The minimum Gasteiger partial charge on any atom is -0.481 e. The van der Waals surface area contributed by atoms with Gasteiger partial charge < -0.3 is 9.67 Å². The average Bonchev–Trinajstić information content (AvgIpc) is 2.62. The Balaban J connectivity index is 2.52. The highest BCUT2D eigenvalue weighted by Gasteiger charge is 2.10. The summed E-state index contributed by atoms with van der Waals surface area (Å²) in [6, 6.07) is 0. The molecule has 1 aromatic rings. The number of rotatable bonds is 7. The standard InChI is InChI=1S/C9H15N3O2S2/c1-7(4-15-2)3-12-6-10-11-9(12)16-5-8(13)14/h6-7H,3-5H2,1-2H3,(H,13,14). The molecule has 1 atom stereocenters. The number of carboxylic acid groups (broad SMARTS) is 1. The first-order valence-electron chi connectivity index (χ1n) is 4.84. The first kappa shape index (κ1) is 13.4. The van der Waals surface area contributed by atoms with Gasteiger partial charge in [0.2, 0.25) is 0 Å². The van der Waals surface area contributed by atoms with Crippen LogP contribution in [0.25, 0.3) is 0 Å². The molecule has 1 unspecified atom stereocenters. The molecular formula is C9H15N3O2S2. The van der Waals surface area contributed by atoms with Crippen molar-refractivity contribution in [1.82, 2.24) is 14.8 Å². The maximum Gasteiger partial charge on any atom is 0.313 e. The number of hydrogen-bond acceptors (Lipinski definition) is 5. The molecule has 0 aromatic carbocycles. The Morgan fingerprint density at radius 3 is 3.06 bits per heavy atom. The molecule has 1 N–H and O–H groups in total. The van der Waals surface area contributed by atoms with Gasteiger partial charge in [-0.25, -0.2) is 0 Å². The summed E-state index contributed by atoms with van der Waals surface area (Å²) < 4.78 is 1.91. The molecule has 0 bridgehead atoms. The summed E-state index contributed by atoms with van der Waals surface area (Å²) in [6.45, 7) is 2.98. The van der Waals surface area contributed by atoms with Gasteiger partial charge in [0.05, 0.1) is 5.75 Å². The molecular weight excluding hydrogens is 246 g/mol. The van der Waals surface area contributed by atoms with Gasteiger partial charge in [0.1, 0.15) is 6.33 Å². The van der Waals surface area contributed by atoms with Gasteiger partial charge in [-0.1, -0.05) is 18.7 Å². The fourth-order valence-electron chi connectivity index (χ4n) is 1.28. The largest absolute Gasteiger partial charge is 0.481 e. The number of aliphatic carboxylic acids is 1. The van der Waals surface area contributed by atoms with Crippen LogP contribution in [0.5, 0.6) is 0 Å². The monoisotopic (exact) mass is 261 g/mol. The fraction of sp³-hybridized carbons (Fsp3) is 0.667. The molecule has 0 amide bonds. The predicted molar refractivity (Wildman–Crippen MR) is 65.9 cm³/mol. The van der Waals surface area contributed by atoms with E-state index in [1.54, 1.807) is 18.1 Å². The second-order valence-corrected chi connectivity index (χ2v) is 5.36. The van der Waals surface area contributed by atoms with E-state index in [1.165, 1.54) is 11.8 Å². The molecule has 16 heavy (non-hydrogen) atoms. The Morgan fingerprint density at radius 2 is 2.44 bits per heavy atom. The van der Waals surface area contributed by atoms with E-state index in [4.69, 9.17) is 5.11 Å². The quantitative estimate of drug-likeness (QED) is 0.749. The van der Waals surface area contributed by atoms with Crippen molar-refractivity contribution < 1.29 is 9.90 Å². The van der Waals surface area contributed by atoms with Crippen LogP contribution in [0, 0.1) is 5.92 Å². The van der Waals surface area contributed by atoms with Crippen molar-refractivity contribution in [1.29, 1.82) is 0 Å². The molecule has 7 heteroatoms. The molecule has 0 saturated carbocycles. The second kappa shape index (κ2) is 6.80. The van der Waals surface area contributed by atoms with Crippen molar-refractivity contribution >= 4 is 29.5 Å². The van der Waals surface area contributed by atoms with Crippen LogP contribution in [0.3, 0.4) is 0 Å². The molecule has 0 spiro atoms. The summed E-state index contributed by atoms with van der Waals surface area (Å²) in [5.41, 5.74) is 0. The van der Waals surface area contributed by atoms with Crippen LogP contribution in [0.4, 0.5) is 0 Å². The molecule has 5 nitrogen and oxygen atoms in total. The SMILES string of the molecule is CSCC(C)Cn1cnnc1SCC(=O)O. The minimum atomic E-state index is -0.836. The van der Waals surface area contributed by atoms with Gasteiger partial charge in [-0.3, -0.25) is 4.79 Å². The molecule has 1 heterocycles. The Bertz CT molecular complexity index is 343. The van der Waals surface area contributed by atoms with Crippen LogP contribution in [0.1, 0.15) is 6.92 Å². The highest BCUT2D eigenvalue weighted by Crippen LogP contribution is 2.16. The van der Waals surface area contributed by atoms with Gasteiger partial charge in [0.25, 0.3) is 0 Å². The topological polar surface area (TPSA) is 68.0 Å². The van der Waals surface area contributed by atoms with E-state index in [2.05, 4.69) is 23.4 Å². The molecule has 90 valence electrons. The summed E-state index contributed by atoms with van der Waals surface area (Å²) in [6.07, 6.45) is 3.73. The van der Waals surface area contributed by atoms with Crippen LogP contribution < -0.4 is 0 Å². The first-order valence-corrected chi connectivity index (χ1v) is 7.22. The van der Waals surface area contributed by atoms with Crippen LogP contribution in [0.15, 0.2) is 11.5 Å². The van der Waals surface area contributed by atoms with Gasteiger partial charge in [0.15, 0.2) is 5.16 Å². The van der Waals surface area contributed by atoms with Crippen molar-refractivity contribution in [3.8, 4) is 0 Å². The Hall–Kier alpha value is -0.690. The smallest absolute Gasteiger partial charge is 0.313 e. The summed E-state index contributed by atoms with van der Waals surface area (Å²) in [5, 5.41) is 17.0. The van der Waals surface area contributed by atoms with E-state index in [9.17, 15) is 4.79 Å². The van der Waals surface area contributed by atoms with E-state index in [0.29, 0.717) is 11.1 Å². The molecule has 0 fully saturated rings. The Labute approximate surface area is 103 Å². The highest BCUT2D eigenvalue weighted by atomic mass is 32.2. The highest BCUT2D eigenvalue weighted by molar-refractivity contribution is 7.99. The van der Waals surface area contributed by atoms with Crippen LogP contribution in [-0.4, -0.2) is 43.6 Å². The number of carboxylic acids is 1. The van der Waals surface area contributed by atoms with Gasteiger partial charge in [-0.05, 0) is 17.9 Å². The zero-order valence-electron chi connectivity index (χ0n) is 9.29. The third-order valence-corrected chi connectivity index (χ3v) is 3.73. The van der Waals surface area contributed by atoms with Gasteiger partial charge in [0, 0.05) is 6.54 Å². The van der Waals surface area contributed by atoms with Crippen LogP contribution >= 0.6 is 23.5 Å². The summed E-state index contributed by atoms with van der Waals surface area (Å²) in [7, 11) is 0. The predicted octanol–water partition coefficient (Wildman–Crippen LogP) is 1.45. The molecule has 1 aromatic heterocycles. The van der Waals surface area contributed by atoms with E-state index in [-0.39, 0.29) is 5.75 Å². The molecule has 0 saturated heterocycles. The zero-order valence-corrected chi connectivity index (χ0v) is 10.9. The van der Waals surface area contributed by atoms with E-state index in [1.807, 2.05) is 4.57 Å². The molecule has 0 aliphatic carbocycles. The Morgan fingerprint density at radius 1 is 1.69 bits per heavy atom. The lowest BCUT2D eigenvalue weighted by molar-refractivity contribution is -0.133. The summed E-state index contributed by atoms with van der Waals surface area (Å²) in [4.78, 5) is 10.4. The van der Waals surface area contributed by atoms with Crippen molar-refractivity contribution in [2.75, 3.05) is 17.8 Å². The number of thioether (sulfide) groups is 2. The van der Waals surface area contributed by atoms with Crippen molar-refractivity contribution in [3.05, 3.63) is 6.33 Å². The number of aromatic nitrogens is 3. The summed E-state index contributed by atoms with van der Waals surface area (Å²) >= 11 is 3.01. The van der Waals surface area contributed by atoms with Crippen LogP contribution in [-0.2, 0) is 11.3 Å². The van der Waals surface area contributed by atoms with Crippen molar-refractivity contribution in [2.24, 2.45) is 5.92 Å². The van der Waals surface area contributed by atoms with E-state index in [0.717, 1.165) is 12.3 Å². The fourth-order valence-corrected chi connectivity index (χ4v) is 2.60. The molecule has 1 rings (SSSR count). The number of hydrogen-bond donors (Lipinski definition) is 1. The number of nitrogens with zero attached hydrogens (tertiary/aromatic N) is 3. The van der Waals surface area contributed by atoms with Crippen molar-refractivity contribution in [2.45, 2.75) is 18.6 Å². The van der Waals surface area contributed by atoms with Gasteiger partial charge in [-0.2, -0.15) is 11.8 Å². The second-order valence-electron chi connectivity index (χ2n) is 3.51. The van der Waals surface area contributed by atoms with Gasteiger partial charge >= 0.3 is 5.97 Å². The third-order valence-electron chi connectivity index (χ3n) is 1.86. The molecule has 0 aliphatic heterocycles. The summed E-state index contributed by atoms with van der Waals surface area (Å²) in [5.74, 6) is 0.781. The maximum atomic E-state index is 10.4. The molecule has 0 radical (unpaired) electrons. The zero-order chi connectivity index (χ0) is 12.0. The average molecular weight is 261 g/mol. The van der Waals surface area contributed by atoms with Gasteiger partial charge in [-0.15, -0.1) is 10.2 Å². The Kier molecular flexibility index (Phi) is 5.68. The lowest BCUT2D eigenvalue weighted by Crippen LogP contribution is -2.10. The lowest BCUT2D eigenvalue weighted by atomic mass is 10.2. The lowest BCUT2D eigenvalue weighted by Gasteiger charge is -2.11. The first-order chi connectivity index (χ1) is 7.63. The van der Waals surface area contributed by atoms with E-state index < -0.39 is 5.97 Å². The van der Waals surface area contributed by atoms with Crippen molar-refractivity contribution in [3.63, 3.8) is 0 Å². The normalized spacial score (nSPS) is 12.6. The number of carbonyl (C=O) groups is 1. The minimum absolute atomic E-state index is 0.0234. The third kappa shape index (κ3) is 4.44. The van der Waals surface area contributed by atoms with Crippen LogP contribution in [0.2, 0.25) is 0 Å². The molecule has 0 aliphatic rings.